The topological polar surface area (TPSA) is 44.5 Å². The summed E-state index contributed by atoms with van der Waals surface area (Å²) < 4.78 is 28.4. The van der Waals surface area contributed by atoms with Crippen LogP contribution in [0.5, 0.6) is 0 Å². The summed E-state index contributed by atoms with van der Waals surface area (Å²) in [6.07, 6.45) is 2.70. The number of aliphatic hydroxyl groups is 1. The van der Waals surface area contributed by atoms with Crippen molar-refractivity contribution >= 4 is 5.69 Å². The van der Waals surface area contributed by atoms with Gasteiger partial charge in [-0.1, -0.05) is 24.3 Å². The van der Waals surface area contributed by atoms with Gasteiger partial charge in [-0.05, 0) is 23.8 Å². The van der Waals surface area contributed by atoms with Crippen LogP contribution in [0.1, 0.15) is 23.1 Å². The average Bonchev–Trinajstić information content (AvgIpc) is 3.17. The van der Waals surface area contributed by atoms with Crippen LogP contribution in [-0.2, 0) is 13.6 Å². The number of rotatable bonds is 5. The van der Waals surface area contributed by atoms with E-state index < -0.39 is 17.7 Å². The molecule has 0 saturated carbocycles. The highest BCUT2D eigenvalue weighted by molar-refractivity contribution is 5.56. The van der Waals surface area contributed by atoms with E-state index >= 15 is 0 Å². The minimum absolute atomic E-state index is 0.586. The molecule has 0 amide bonds. The van der Waals surface area contributed by atoms with Gasteiger partial charge >= 0.3 is 0 Å². The van der Waals surface area contributed by atoms with Crippen LogP contribution in [0.15, 0.2) is 54.9 Å². The maximum atomic E-state index is 13.4. The minimum atomic E-state index is -0.818. The molecular weight excluding hydrogens is 374 g/mol. The van der Waals surface area contributed by atoms with Crippen LogP contribution in [-0.4, -0.2) is 45.7 Å². The Hall–Kier alpha value is -2.77. The summed E-state index contributed by atoms with van der Waals surface area (Å²) in [6, 6.07) is 11.9. The maximum Gasteiger partial charge on any atom is 0.159 e. The van der Waals surface area contributed by atoms with E-state index in [4.69, 9.17) is 0 Å². The molecule has 1 aliphatic heterocycles. The van der Waals surface area contributed by atoms with Crippen molar-refractivity contribution in [2.75, 3.05) is 31.1 Å². The lowest BCUT2D eigenvalue weighted by Gasteiger charge is -2.37. The summed E-state index contributed by atoms with van der Waals surface area (Å²) in [4.78, 5) is 8.76. The molecule has 2 aromatic carbocycles. The summed E-state index contributed by atoms with van der Waals surface area (Å²) in [5.74, 6) is -1.02. The van der Waals surface area contributed by atoms with Gasteiger partial charge in [0.15, 0.2) is 11.6 Å². The Morgan fingerprint density at radius 2 is 1.79 bits per heavy atom. The lowest BCUT2D eigenvalue weighted by atomic mass is 10.0. The highest BCUT2D eigenvalue weighted by atomic mass is 19.2. The van der Waals surface area contributed by atoms with Crippen LogP contribution >= 0.6 is 0 Å². The summed E-state index contributed by atoms with van der Waals surface area (Å²) in [6.45, 7) is 3.75. The average molecular weight is 398 g/mol. The van der Waals surface area contributed by atoms with E-state index in [1.807, 2.05) is 42.1 Å². The summed E-state index contributed by atoms with van der Waals surface area (Å²) in [7, 11) is 1.87. The Morgan fingerprint density at radius 3 is 2.48 bits per heavy atom. The van der Waals surface area contributed by atoms with Crippen LogP contribution in [0, 0.1) is 11.6 Å². The molecule has 29 heavy (non-hydrogen) atoms. The van der Waals surface area contributed by atoms with Crippen molar-refractivity contribution < 1.29 is 13.9 Å². The van der Waals surface area contributed by atoms with Crippen molar-refractivity contribution in [1.29, 1.82) is 0 Å². The van der Waals surface area contributed by atoms with Gasteiger partial charge < -0.3 is 14.6 Å². The smallest absolute Gasteiger partial charge is 0.159 e. The van der Waals surface area contributed by atoms with Gasteiger partial charge in [-0.25, -0.2) is 13.8 Å². The molecule has 2 heterocycles. The lowest BCUT2D eigenvalue weighted by Crippen LogP contribution is -2.46. The highest BCUT2D eigenvalue weighted by Crippen LogP contribution is 2.30. The number of aliphatic hydroxyl groups excluding tert-OH is 1. The molecule has 1 saturated heterocycles. The third-order valence-corrected chi connectivity index (χ3v) is 5.44. The molecular formula is C22H24F2N4O. The van der Waals surface area contributed by atoms with Crippen LogP contribution < -0.4 is 4.90 Å². The number of nitrogens with zero attached hydrogens (tertiary/aromatic N) is 4. The standard InChI is InChI=1S/C22H24F2N4O/c1-26-9-8-25-22(26)21(29)17-4-2-3-5-20(17)28-12-10-27(11-13-28)15-16-6-7-18(23)19(24)14-16/h2-9,14,21,29H,10-13,15H2,1H3/t21-/m0/s1. The third-order valence-electron chi connectivity index (χ3n) is 5.44. The van der Waals surface area contributed by atoms with Crippen molar-refractivity contribution in [1.82, 2.24) is 14.5 Å². The second kappa shape index (κ2) is 8.31. The van der Waals surface area contributed by atoms with Crippen molar-refractivity contribution in [3.63, 3.8) is 0 Å². The van der Waals surface area contributed by atoms with Crippen LogP contribution in [0.4, 0.5) is 14.5 Å². The second-order valence-electron chi connectivity index (χ2n) is 7.37. The van der Waals surface area contributed by atoms with Gasteiger partial charge in [0.25, 0.3) is 0 Å². The van der Waals surface area contributed by atoms with E-state index in [0.29, 0.717) is 12.4 Å². The number of benzene rings is 2. The lowest BCUT2D eigenvalue weighted by molar-refractivity contribution is 0.205. The fourth-order valence-corrected chi connectivity index (χ4v) is 3.83. The Morgan fingerprint density at radius 1 is 1.03 bits per heavy atom. The minimum Gasteiger partial charge on any atom is -0.380 e. The van der Waals surface area contributed by atoms with E-state index in [1.54, 1.807) is 12.3 Å². The zero-order valence-corrected chi connectivity index (χ0v) is 16.3. The molecule has 1 fully saturated rings. The molecule has 0 aliphatic carbocycles. The number of imidazole rings is 1. The fourth-order valence-electron chi connectivity index (χ4n) is 3.83. The molecule has 1 N–H and O–H groups in total. The van der Waals surface area contributed by atoms with E-state index in [-0.39, 0.29) is 0 Å². The number of anilines is 1. The van der Waals surface area contributed by atoms with Gasteiger partial charge in [-0.15, -0.1) is 0 Å². The van der Waals surface area contributed by atoms with Gasteiger partial charge in [0, 0.05) is 63.4 Å². The third kappa shape index (κ3) is 4.16. The van der Waals surface area contributed by atoms with E-state index in [2.05, 4.69) is 14.8 Å². The van der Waals surface area contributed by atoms with Crippen molar-refractivity contribution in [3.05, 3.63) is 83.4 Å². The first kappa shape index (κ1) is 19.5. The Bertz CT molecular complexity index is 982. The first-order valence-corrected chi connectivity index (χ1v) is 9.68. The fraction of sp³-hybridized carbons (Fsp3) is 0.318. The zero-order valence-electron chi connectivity index (χ0n) is 16.3. The predicted molar refractivity (Wildman–Crippen MR) is 108 cm³/mol. The molecule has 0 unspecified atom stereocenters. The number of hydrogen-bond donors (Lipinski definition) is 1. The molecule has 1 aromatic heterocycles. The second-order valence-corrected chi connectivity index (χ2v) is 7.37. The van der Waals surface area contributed by atoms with Gasteiger partial charge in [-0.3, -0.25) is 4.90 Å². The molecule has 5 nitrogen and oxygen atoms in total. The van der Waals surface area contributed by atoms with Gasteiger partial charge in [0.05, 0.1) is 0 Å². The molecule has 3 aromatic rings. The zero-order chi connectivity index (χ0) is 20.4. The SMILES string of the molecule is Cn1ccnc1[C@@H](O)c1ccccc1N1CCN(Cc2ccc(F)c(F)c2)CC1. The van der Waals surface area contributed by atoms with Gasteiger partial charge in [0.2, 0.25) is 0 Å². The molecule has 152 valence electrons. The van der Waals surface area contributed by atoms with Crippen molar-refractivity contribution in [3.8, 4) is 0 Å². The molecule has 0 bridgehead atoms. The largest absolute Gasteiger partial charge is 0.380 e. The van der Waals surface area contributed by atoms with E-state index in [9.17, 15) is 13.9 Å². The number of piperazine rings is 1. The van der Waals surface area contributed by atoms with E-state index in [1.165, 1.54) is 12.1 Å². The van der Waals surface area contributed by atoms with Crippen LogP contribution in [0.25, 0.3) is 0 Å². The number of hydrogen-bond acceptors (Lipinski definition) is 4. The monoisotopic (exact) mass is 398 g/mol. The molecule has 0 spiro atoms. The Balaban J connectivity index is 1.45. The predicted octanol–water partition coefficient (Wildman–Crippen LogP) is 3.10. The molecule has 1 aliphatic rings. The number of para-hydroxylation sites is 1. The van der Waals surface area contributed by atoms with Gasteiger partial charge in [0.1, 0.15) is 11.9 Å². The Kier molecular flexibility index (Phi) is 5.60. The number of aromatic nitrogens is 2. The summed E-state index contributed by atoms with van der Waals surface area (Å²) in [5.41, 5.74) is 2.59. The van der Waals surface area contributed by atoms with Crippen LogP contribution in [0.3, 0.4) is 0 Å². The maximum absolute atomic E-state index is 13.4. The number of aryl methyl sites for hydroxylation is 1. The molecule has 0 radical (unpaired) electrons. The Labute approximate surface area is 168 Å². The summed E-state index contributed by atoms with van der Waals surface area (Å²) in [5, 5.41) is 10.9. The first-order chi connectivity index (χ1) is 14.0. The normalized spacial score (nSPS) is 16.2. The molecule has 7 heteroatoms. The highest BCUT2D eigenvalue weighted by Gasteiger charge is 2.24. The van der Waals surface area contributed by atoms with Crippen LogP contribution in [0.2, 0.25) is 0 Å². The molecule has 4 rings (SSSR count). The van der Waals surface area contributed by atoms with Crippen molar-refractivity contribution in [2.45, 2.75) is 12.6 Å². The van der Waals surface area contributed by atoms with E-state index in [0.717, 1.165) is 43.0 Å². The van der Waals surface area contributed by atoms with Gasteiger partial charge in [-0.2, -0.15) is 0 Å². The molecule has 1 atom stereocenters. The quantitative estimate of drug-likeness (QED) is 0.717. The first-order valence-electron chi connectivity index (χ1n) is 9.68. The summed E-state index contributed by atoms with van der Waals surface area (Å²) >= 11 is 0. The van der Waals surface area contributed by atoms with Crippen molar-refractivity contribution in [2.24, 2.45) is 7.05 Å². The number of halogens is 2.